The standard InChI is InChI=1S/C15H13Br2NO/c1-10(11-5-7-13(16)8-6-11)18-15(19)12-3-2-4-14(17)9-12/h2-10H,1H3,(H,18,19)/t10-/m0/s1. The van der Waals surface area contributed by atoms with Crippen molar-refractivity contribution >= 4 is 37.8 Å². The fraction of sp³-hybridized carbons (Fsp3) is 0.133. The summed E-state index contributed by atoms with van der Waals surface area (Å²) in [6.45, 7) is 1.97. The first-order valence-electron chi connectivity index (χ1n) is 5.88. The summed E-state index contributed by atoms with van der Waals surface area (Å²) >= 11 is 6.76. The van der Waals surface area contributed by atoms with Crippen molar-refractivity contribution in [2.75, 3.05) is 0 Å². The molecule has 0 aliphatic carbocycles. The van der Waals surface area contributed by atoms with E-state index in [4.69, 9.17) is 0 Å². The highest BCUT2D eigenvalue weighted by atomic mass is 79.9. The van der Waals surface area contributed by atoms with E-state index in [-0.39, 0.29) is 11.9 Å². The van der Waals surface area contributed by atoms with Crippen LogP contribution in [0.3, 0.4) is 0 Å². The van der Waals surface area contributed by atoms with Crippen molar-refractivity contribution < 1.29 is 4.79 Å². The van der Waals surface area contributed by atoms with Gasteiger partial charge in [-0.15, -0.1) is 0 Å². The molecular formula is C15H13Br2NO. The Morgan fingerprint density at radius 3 is 2.37 bits per heavy atom. The van der Waals surface area contributed by atoms with Gasteiger partial charge in [0.15, 0.2) is 0 Å². The molecule has 0 saturated heterocycles. The normalized spacial score (nSPS) is 11.9. The fourth-order valence-electron chi connectivity index (χ4n) is 1.74. The Bertz CT molecular complexity index is 581. The van der Waals surface area contributed by atoms with Crippen LogP contribution < -0.4 is 5.32 Å². The molecule has 0 heterocycles. The first kappa shape index (κ1) is 14.3. The number of hydrogen-bond donors (Lipinski definition) is 1. The van der Waals surface area contributed by atoms with E-state index < -0.39 is 0 Å². The summed E-state index contributed by atoms with van der Waals surface area (Å²) in [7, 11) is 0. The smallest absolute Gasteiger partial charge is 0.251 e. The summed E-state index contributed by atoms with van der Waals surface area (Å²) in [5.41, 5.74) is 1.73. The van der Waals surface area contributed by atoms with Crippen LogP contribution in [0, 0.1) is 0 Å². The van der Waals surface area contributed by atoms with Crippen LogP contribution >= 0.6 is 31.9 Å². The molecule has 98 valence electrons. The maximum atomic E-state index is 12.1. The molecule has 2 nitrogen and oxygen atoms in total. The molecular weight excluding hydrogens is 370 g/mol. The van der Waals surface area contributed by atoms with Crippen molar-refractivity contribution in [3.8, 4) is 0 Å². The van der Waals surface area contributed by atoms with Crippen molar-refractivity contribution in [1.82, 2.24) is 5.32 Å². The van der Waals surface area contributed by atoms with E-state index in [1.54, 1.807) is 6.07 Å². The Hall–Kier alpha value is -1.13. The van der Waals surface area contributed by atoms with Gasteiger partial charge in [0.1, 0.15) is 0 Å². The molecule has 0 fully saturated rings. The number of halogens is 2. The Morgan fingerprint density at radius 1 is 1.05 bits per heavy atom. The van der Waals surface area contributed by atoms with Gasteiger partial charge in [0.25, 0.3) is 5.91 Å². The van der Waals surface area contributed by atoms with E-state index in [0.717, 1.165) is 14.5 Å². The lowest BCUT2D eigenvalue weighted by atomic mass is 10.1. The SMILES string of the molecule is C[C@H](NC(=O)c1cccc(Br)c1)c1ccc(Br)cc1. The van der Waals surface area contributed by atoms with Crippen molar-refractivity contribution in [3.63, 3.8) is 0 Å². The Morgan fingerprint density at radius 2 is 1.74 bits per heavy atom. The van der Waals surface area contributed by atoms with Crippen LogP contribution in [0.25, 0.3) is 0 Å². The summed E-state index contributed by atoms with van der Waals surface area (Å²) in [6.07, 6.45) is 0. The number of carbonyl (C=O) groups excluding carboxylic acids is 1. The van der Waals surface area contributed by atoms with Gasteiger partial charge in [-0.3, -0.25) is 4.79 Å². The van der Waals surface area contributed by atoms with Crippen molar-refractivity contribution in [1.29, 1.82) is 0 Å². The zero-order chi connectivity index (χ0) is 13.8. The Balaban J connectivity index is 2.08. The van der Waals surface area contributed by atoms with Crippen LogP contribution in [0.2, 0.25) is 0 Å². The number of amides is 1. The summed E-state index contributed by atoms with van der Waals surface area (Å²) in [4.78, 5) is 12.1. The molecule has 0 aliphatic rings. The second-order valence-corrected chi connectivity index (χ2v) is 6.09. The number of hydrogen-bond acceptors (Lipinski definition) is 1. The molecule has 0 saturated carbocycles. The number of carbonyl (C=O) groups is 1. The molecule has 0 bridgehead atoms. The fourth-order valence-corrected chi connectivity index (χ4v) is 2.41. The highest BCUT2D eigenvalue weighted by Gasteiger charge is 2.11. The Labute approximate surface area is 129 Å². The topological polar surface area (TPSA) is 29.1 Å². The van der Waals surface area contributed by atoms with E-state index in [1.807, 2.05) is 49.4 Å². The molecule has 1 N–H and O–H groups in total. The van der Waals surface area contributed by atoms with Crippen molar-refractivity contribution in [2.45, 2.75) is 13.0 Å². The van der Waals surface area contributed by atoms with Gasteiger partial charge in [0.05, 0.1) is 6.04 Å². The van der Waals surface area contributed by atoms with Crippen LogP contribution in [0.1, 0.15) is 28.9 Å². The minimum absolute atomic E-state index is 0.0282. The average Bonchev–Trinajstić information content (AvgIpc) is 2.39. The van der Waals surface area contributed by atoms with Gasteiger partial charge in [-0.1, -0.05) is 50.1 Å². The van der Waals surface area contributed by atoms with E-state index in [0.29, 0.717) is 5.56 Å². The molecule has 2 rings (SSSR count). The lowest BCUT2D eigenvalue weighted by molar-refractivity contribution is 0.0940. The molecule has 0 aromatic heterocycles. The minimum Gasteiger partial charge on any atom is -0.346 e. The zero-order valence-electron chi connectivity index (χ0n) is 10.4. The van der Waals surface area contributed by atoms with Crippen LogP contribution in [-0.4, -0.2) is 5.91 Å². The predicted octanol–water partition coefficient (Wildman–Crippen LogP) is 4.70. The predicted molar refractivity (Wildman–Crippen MR) is 84.2 cm³/mol. The molecule has 0 radical (unpaired) electrons. The zero-order valence-corrected chi connectivity index (χ0v) is 13.5. The number of rotatable bonds is 3. The van der Waals surface area contributed by atoms with Gasteiger partial charge in [-0.05, 0) is 42.8 Å². The third-order valence-corrected chi connectivity index (χ3v) is 3.83. The highest BCUT2D eigenvalue weighted by molar-refractivity contribution is 9.10. The second-order valence-electron chi connectivity index (χ2n) is 4.26. The van der Waals surface area contributed by atoms with Gasteiger partial charge in [0.2, 0.25) is 0 Å². The summed E-state index contributed by atoms with van der Waals surface area (Å²) in [5, 5.41) is 2.98. The monoisotopic (exact) mass is 381 g/mol. The quantitative estimate of drug-likeness (QED) is 0.818. The van der Waals surface area contributed by atoms with Crippen molar-refractivity contribution in [2.24, 2.45) is 0 Å². The van der Waals surface area contributed by atoms with Gasteiger partial charge < -0.3 is 5.32 Å². The summed E-state index contributed by atoms with van der Waals surface area (Å²) in [5.74, 6) is -0.0725. The number of nitrogens with one attached hydrogen (secondary N) is 1. The van der Waals surface area contributed by atoms with Crippen LogP contribution in [0.15, 0.2) is 57.5 Å². The first-order chi connectivity index (χ1) is 9.06. The Kier molecular flexibility index (Phi) is 4.77. The molecule has 4 heteroatoms. The van der Waals surface area contributed by atoms with Gasteiger partial charge in [0, 0.05) is 14.5 Å². The third kappa shape index (κ3) is 3.91. The van der Waals surface area contributed by atoms with Gasteiger partial charge >= 0.3 is 0 Å². The molecule has 2 aromatic carbocycles. The average molecular weight is 383 g/mol. The van der Waals surface area contributed by atoms with Crippen LogP contribution in [0.4, 0.5) is 0 Å². The minimum atomic E-state index is -0.0725. The van der Waals surface area contributed by atoms with Gasteiger partial charge in [-0.2, -0.15) is 0 Å². The maximum absolute atomic E-state index is 12.1. The van der Waals surface area contributed by atoms with E-state index in [2.05, 4.69) is 37.2 Å². The molecule has 2 aromatic rings. The van der Waals surface area contributed by atoms with E-state index >= 15 is 0 Å². The largest absolute Gasteiger partial charge is 0.346 e. The molecule has 1 amide bonds. The molecule has 19 heavy (non-hydrogen) atoms. The molecule has 1 atom stereocenters. The third-order valence-electron chi connectivity index (χ3n) is 2.80. The van der Waals surface area contributed by atoms with E-state index in [9.17, 15) is 4.79 Å². The molecule has 0 unspecified atom stereocenters. The highest BCUT2D eigenvalue weighted by Crippen LogP contribution is 2.17. The second kappa shape index (κ2) is 6.35. The lowest BCUT2D eigenvalue weighted by Crippen LogP contribution is -2.26. The molecule has 0 aliphatic heterocycles. The lowest BCUT2D eigenvalue weighted by Gasteiger charge is -2.14. The van der Waals surface area contributed by atoms with Gasteiger partial charge in [-0.25, -0.2) is 0 Å². The summed E-state index contributed by atoms with van der Waals surface area (Å²) < 4.78 is 1.93. The van der Waals surface area contributed by atoms with Crippen molar-refractivity contribution in [3.05, 3.63) is 68.6 Å². The maximum Gasteiger partial charge on any atom is 0.251 e. The summed E-state index contributed by atoms with van der Waals surface area (Å²) in [6, 6.07) is 15.3. The number of benzene rings is 2. The van der Waals surface area contributed by atoms with Crippen LogP contribution in [0.5, 0.6) is 0 Å². The first-order valence-corrected chi connectivity index (χ1v) is 7.47. The van der Waals surface area contributed by atoms with E-state index in [1.165, 1.54) is 0 Å². The van der Waals surface area contributed by atoms with Crippen LogP contribution in [-0.2, 0) is 0 Å². The molecule has 0 spiro atoms.